The first kappa shape index (κ1) is 7.25. The van der Waals surface area contributed by atoms with Crippen molar-refractivity contribution in [2.75, 3.05) is 0 Å². The molecule has 2 unspecified atom stereocenters. The fourth-order valence-corrected chi connectivity index (χ4v) is 2.20. The second-order valence-electron chi connectivity index (χ2n) is 3.02. The molecule has 0 spiro atoms. The lowest BCUT2D eigenvalue weighted by atomic mass is 10.4. The summed E-state index contributed by atoms with van der Waals surface area (Å²) in [5.41, 5.74) is 5.72. The van der Waals surface area contributed by atoms with Crippen LogP contribution in [0.4, 0.5) is 0 Å². The molecule has 1 saturated carbocycles. The van der Waals surface area contributed by atoms with E-state index < -0.39 is 0 Å². The van der Waals surface area contributed by atoms with E-state index in [1.54, 1.807) is 0 Å². The zero-order valence-electron chi connectivity index (χ0n) is 6.58. The predicted octanol–water partition coefficient (Wildman–Crippen LogP) is 1.52. The van der Waals surface area contributed by atoms with Crippen LogP contribution in [0.1, 0.15) is 29.1 Å². The molecule has 2 nitrogen and oxygen atoms in total. The molecule has 1 fully saturated rings. The van der Waals surface area contributed by atoms with Crippen LogP contribution in [0.3, 0.4) is 0 Å². The molecule has 0 amide bonds. The van der Waals surface area contributed by atoms with Crippen LogP contribution in [0.5, 0.6) is 0 Å². The Balaban J connectivity index is 2.13. The van der Waals surface area contributed by atoms with Gasteiger partial charge in [-0.3, -0.25) is 0 Å². The third kappa shape index (κ3) is 1.30. The van der Waals surface area contributed by atoms with Gasteiger partial charge in [-0.15, -0.1) is 11.3 Å². The summed E-state index contributed by atoms with van der Waals surface area (Å²) in [4.78, 5) is 5.71. The van der Waals surface area contributed by atoms with Crippen molar-refractivity contribution in [3.8, 4) is 0 Å². The highest BCUT2D eigenvalue weighted by molar-refractivity contribution is 7.11. The Morgan fingerprint density at radius 3 is 3.00 bits per heavy atom. The summed E-state index contributed by atoms with van der Waals surface area (Å²) < 4.78 is 0. The fraction of sp³-hybridized carbons (Fsp3) is 0.625. The first-order chi connectivity index (χ1) is 5.31. The minimum atomic E-state index is 0.394. The maximum Gasteiger partial charge on any atom is 0.0974 e. The molecule has 11 heavy (non-hydrogen) atoms. The van der Waals surface area contributed by atoms with Crippen molar-refractivity contribution in [2.45, 2.75) is 31.7 Å². The molecule has 0 saturated heterocycles. The van der Waals surface area contributed by atoms with Gasteiger partial charge in [0.15, 0.2) is 0 Å². The quantitative estimate of drug-likeness (QED) is 0.727. The number of hydrogen-bond acceptors (Lipinski definition) is 3. The monoisotopic (exact) mass is 168 g/mol. The largest absolute Gasteiger partial charge is 0.327 e. The van der Waals surface area contributed by atoms with Crippen molar-refractivity contribution < 1.29 is 0 Å². The SMILES string of the molecule is CCc1cnc(C2CC2N)s1. The van der Waals surface area contributed by atoms with E-state index in [0.29, 0.717) is 12.0 Å². The van der Waals surface area contributed by atoms with Crippen molar-refractivity contribution in [3.05, 3.63) is 16.1 Å². The Labute approximate surface area is 70.5 Å². The van der Waals surface area contributed by atoms with Crippen LogP contribution in [0.2, 0.25) is 0 Å². The lowest BCUT2D eigenvalue weighted by Crippen LogP contribution is -2.00. The smallest absolute Gasteiger partial charge is 0.0974 e. The van der Waals surface area contributed by atoms with Gasteiger partial charge in [0.1, 0.15) is 0 Å². The Morgan fingerprint density at radius 1 is 1.82 bits per heavy atom. The molecule has 2 rings (SSSR count). The molecule has 0 aromatic carbocycles. The van der Waals surface area contributed by atoms with Gasteiger partial charge < -0.3 is 5.73 Å². The van der Waals surface area contributed by atoms with Crippen molar-refractivity contribution in [2.24, 2.45) is 5.73 Å². The van der Waals surface area contributed by atoms with Gasteiger partial charge in [-0.25, -0.2) is 4.98 Å². The summed E-state index contributed by atoms with van der Waals surface area (Å²) in [6.07, 6.45) is 4.21. The summed E-state index contributed by atoms with van der Waals surface area (Å²) >= 11 is 1.82. The highest BCUT2D eigenvalue weighted by Gasteiger charge is 2.37. The molecule has 0 aliphatic heterocycles. The summed E-state index contributed by atoms with van der Waals surface area (Å²) in [7, 11) is 0. The van der Waals surface area contributed by atoms with E-state index in [4.69, 9.17) is 5.73 Å². The van der Waals surface area contributed by atoms with Gasteiger partial charge in [0.05, 0.1) is 5.01 Å². The van der Waals surface area contributed by atoms with Crippen molar-refractivity contribution in [1.82, 2.24) is 4.98 Å². The standard InChI is InChI=1S/C8H12N2S/c1-2-5-4-10-8(11-5)6-3-7(6)9/h4,6-7H,2-3,9H2,1H3. The van der Waals surface area contributed by atoms with Crippen molar-refractivity contribution in [3.63, 3.8) is 0 Å². The second kappa shape index (κ2) is 2.57. The highest BCUT2D eigenvalue weighted by Crippen LogP contribution is 2.40. The lowest BCUT2D eigenvalue weighted by Gasteiger charge is -1.86. The van der Waals surface area contributed by atoms with Crippen molar-refractivity contribution >= 4 is 11.3 Å². The van der Waals surface area contributed by atoms with E-state index in [9.17, 15) is 0 Å². The zero-order valence-corrected chi connectivity index (χ0v) is 7.40. The van der Waals surface area contributed by atoms with Gasteiger partial charge in [0, 0.05) is 23.0 Å². The van der Waals surface area contributed by atoms with E-state index in [-0.39, 0.29) is 0 Å². The highest BCUT2D eigenvalue weighted by atomic mass is 32.1. The van der Waals surface area contributed by atoms with Crippen LogP contribution >= 0.6 is 11.3 Å². The van der Waals surface area contributed by atoms with E-state index in [1.807, 2.05) is 17.5 Å². The normalized spacial score (nSPS) is 28.9. The Morgan fingerprint density at radius 2 is 2.55 bits per heavy atom. The van der Waals surface area contributed by atoms with Crippen LogP contribution in [0.25, 0.3) is 0 Å². The van der Waals surface area contributed by atoms with Crippen LogP contribution in [0, 0.1) is 0 Å². The number of thiazole rings is 1. The molecule has 1 aliphatic rings. The maximum absolute atomic E-state index is 5.72. The molecule has 3 heteroatoms. The first-order valence-corrected chi connectivity index (χ1v) is 4.83. The Hall–Kier alpha value is -0.410. The number of nitrogens with zero attached hydrogens (tertiary/aromatic N) is 1. The van der Waals surface area contributed by atoms with E-state index in [1.165, 1.54) is 9.88 Å². The lowest BCUT2D eigenvalue weighted by molar-refractivity contribution is 0.974. The van der Waals surface area contributed by atoms with Crippen LogP contribution in [0.15, 0.2) is 6.20 Å². The molecule has 2 atom stereocenters. The van der Waals surface area contributed by atoms with Gasteiger partial charge >= 0.3 is 0 Å². The average Bonchev–Trinajstić information content (AvgIpc) is 2.59. The number of hydrogen-bond donors (Lipinski definition) is 1. The van der Waals surface area contributed by atoms with Gasteiger partial charge in [-0.1, -0.05) is 6.92 Å². The third-order valence-electron chi connectivity index (χ3n) is 2.08. The van der Waals surface area contributed by atoms with Gasteiger partial charge in [-0.2, -0.15) is 0 Å². The fourth-order valence-electron chi connectivity index (χ4n) is 1.16. The number of rotatable bonds is 2. The van der Waals surface area contributed by atoms with Crippen LogP contribution < -0.4 is 5.73 Å². The summed E-state index contributed by atoms with van der Waals surface area (Å²) in [5.74, 6) is 0.584. The number of nitrogens with two attached hydrogens (primary N) is 1. The maximum atomic E-state index is 5.72. The first-order valence-electron chi connectivity index (χ1n) is 4.01. The van der Waals surface area contributed by atoms with Gasteiger partial charge in [0.2, 0.25) is 0 Å². The molecule has 1 aliphatic carbocycles. The Bertz CT molecular complexity index is 256. The molecular formula is C8H12N2S. The average molecular weight is 168 g/mol. The van der Waals surface area contributed by atoms with E-state index >= 15 is 0 Å². The molecule has 1 heterocycles. The van der Waals surface area contributed by atoms with Gasteiger partial charge in [0.25, 0.3) is 0 Å². The molecule has 1 aromatic heterocycles. The molecule has 60 valence electrons. The number of aryl methyl sites for hydroxylation is 1. The number of aromatic nitrogens is 1. The molecule has 2 N–H and O–H groups in total. The second-order valence-corrected chi connectivity index (χ2v) is 4.17. The molecule has 0 bridgehead atoms. The minimum absolute atomic E-state index is 0.394. The topological polar surface area (TPSA) is 38.9 Å². The van der Waals surface area contributed by atoms with Gasteiger partial charge in [-0.05, 0) is 12.8 Å². The third-order valence-corrected chi connectivity index (χ3v) is 3.35. The molecule has 0 radical (unpaired) electrons. The summed E-state index contributed by atoms with van der Waals surface area (Å²) in [5, 5.41) is 1.24. The van der Waals surface area contributed by atoms with Crippen LogP contribution in [-0.2, 0) is 6.42 Å². The zero-order chi connectivity index (χ0) is 7.84. The van der Waals surface area contributed by atoms with Crippen molar-refractivity contribution in [1.29, 1.82) is 0 Å². The Kier molecular flexibility index (Phi) is 1.69. The van der Waals surface area contributed by atoms with E-state index in [0.717, 1.165) is 12.8 Å². The predicted molar refractivity (Wildman–Crippen MR) is 46.8 cm³/mol. The van der Waals surface area contributed by atoms with E-state index in [2.05, 4.69) is 11.9 Å². The molecule has 1 aromatic rings. The minimum Gasteiger partial charge on any atom is -0.327 e. The van der Waals surface area contributed by atoms with Crippen LogP contribution in [-0.4, -0.2) is 11.0 Å². The summed E-state index contributed by atoms with van der Waals surface area (Å²) in [6, 6.07) is 0.394. The molecular weight excluding hydrogens is 156 g/mol. The summed E-state index contributed by atoms with van der Waals surface area (Å²) in [6.45, 7) is 2.16.